The highest BCUT2D eigenvalue weighted by Gasteiger charge is 2.19. The van der Waals surface area contributed by atoms with Gasteiger partial charge in [-0.1, -0.05) is 6.92 Å². The van der Waals surface area contributed by atoms with E-state index in [1.165, 1.54) is 4.90 Å². The van der Waals surface area contributed by atoms with Crippen molar-refractivity contribution in [1.82, 2.24) is 20.0 Å². The van der Waals surface area contributed by atoms with E-state index in [9.17, 15) is 9.59 Å². The first kappa shape index (κ1) is 14.0. The molecule has 0 fully saturated rings. The van der Waals surface area contributed by atoms with E-state index >= 15 is 0 Å². The molecule has 0 aliphatic rings. The monoisotopic (exact) mass is 254 g/mol. The van der Waals surface area contributed by atoms with Gasteiger partial charge in [0.25, 0.3) is 0 Å². The molecule has 2 amide bonds. The van der Waals surface area contributed by atoms with Crippen molar-refractivity contribution >= 4 is 12.0 Å². The summed E-state index contributed by atoms with van der Waals surface area (Å²) >= 11 is 0. The summed E-state index contributed by atoms with van der Waals surface area (Å²) in [5.41, 5.74) is 0.888. The number of aliphatic carboxylic acids is 1. The lowest BCUT2D eigenvalue weighted by Gasteiger charge is -2.20. The van der Waals surface area contributed by atoms with Gasteiger partial charge in [-0.2, -0.15) is 5.10 Å². The molecule has 0 spiro atoms. The molecule has 1 rings (SSSR count). The summed E-state index contributed by atoms with van der Waals surface area (Å²) < 4.78 is 1.65. The summed E-state index contributed by atoms with van der Waals surface area (Å²) in [5, 5.41) is 15.3. The van der Waals surface area contributed by atoms with E-state index in [1.54, 1.807) is 38.1 Å². The number of urea groups is 1. The molecule has 0 saturated heterocycles. The van der Waals surface area contributed by atoms with Crippen LogP contribution in [0.3, 0.4) is 0 Å². The highest BCUT2D eigenvalue weighted by molar-refractivity contribution is 5.82. The summed E-state index contributed by atoms with van der Waals surface area (Å²) in [6.07, 6.45) is 3.82. The second-order valence-corrected chi connectivity index (χ2v) is 4.13. The van der Waals surface area contributed by atoms with Crippen LogP contribution in [-0.2, 0) is 18.4 Å². The van der Waals surface area contributed by atoms with Crippen LogP contribution >= 0.6 is 0 Å². The minimum Gasteiger partial charge on any atom is -0.480 e. The quantitative estimate of drug-likeness (QED) is 0.797. The SMILES string of the molecule is CCC(NC(=O)N(C)Cc1cnn(C)c1)C(=O)O. The highest BCUT2D eigenvalue weighted by atomic mass is 16.4. The lowest BCUT2D eigenvalue weighted by Crippen LogP contribution is -2.46. The third kappa shape index (κ3) is 3.76. The van der Waals surface area contributed by atoms with Crippen molar-refractivity contribution in [1.29, 1.82) is 0 Å². The molecule has 2 N–H and O–H groups in total. The minimum absolute atomic E-state index is 0.349. The number of nitrogens with zero attached hydrogens (tertiary/aromatic N) is 3. The average molecular weight is 254 g/mol. The molecule has 100 valence electrons. The van der Waals surface area contributed by atoms with Crippen molar-refractivity contribution in [2.45, 2.75) is 25.9 Å². The van der Waals surface area contributed by atoms with Gasteiger partial charge in [0.05, 0.1) is 12.7 Å². The van der Waals surface area contributed by atoms with Crippen LogP contribution in [0.2, 0.25) is 0 Å². The molecule has 0 aliphatic carbocycles. The van der Waals surface area contributed by atoms with E-state index in [0.29, 0.717) is 13.0 Å². The molecule has 7 heteroatoms. The van der Waals surface area contributed by atoms with Gasteiger partial charge in [-0.05, 0) is 6.42 Å². The number of carboxylic acid groups (broad SMARTS) is 1. The number of aryl methyl sites for hydroxylation is 1. The first-order chi connectivity index (χ1) is 8.43. The first-order valence-corrected chi connectivity index (χ1v) is 5.66. The van der Waals surface area contributed by atoms with Crippen molar-refractivity contribution in [3.63, 3.8) is 0 Å². The Hall–Kier alpha value is -2.05. The molecule has 1 aromatic rings. The topological polar surface area (TPSA) is 87.5 Å². The van der Waals surface area contributed by atoms with Gasteiger partial charge in [0.1, 0.15) is 6.04 Å². The van der Waals surface area contributed by atoms with Gasteiger partial charge in [0.15, 0.2) is 0 Å². The van der Waals surface area contributed by atoms with Crippen molar-refractivity contribution in [3.05, 3.63) is 18.0 Å². The second kappa shape index (κ2) is 6.04. The molecular weight excluding hydrogens is 236 g/mol. The predicted molar refractivity (Wildman–Crippen MR) is 64.9 cm³/mol. The van der Waals surface area contributed by atoms with Crippen molar-refractivity contribution in [2.24, 2.45) is 7.05 Å². The smallest absolute Gasteiger partial charge is 0.326 e. The molecule has 7 nitrogen and oxygen atoms in total. The summed E-state index contributed by atoms with van der Waals surface area (Å²) in [4.78, 5) is 24.0. The standard InChI is InChI=1S/C11H18N4O3/c1-4-9(10(16)17)13-11(18)14(2)6-8-5-12-15(3)7-8/h5,7,9H,4,6H2,1-3H3,(H,13,18)(H,16,17). The second-order valence-electron chi connectivity index (χ2n) is 4.13. The fourth-order valence-electron chi connectivity index (χ4n) is 1.50. The Bertz CT molecular complexity index is 430. The van der Waals surface area contributed by atoms with Crippen LogP contribution in [0.4, 0.5) is 4.79 Å². The van der Waals surface area contributed by atoms with Gasteiger partial charge < -0.3 is 15.3 Å². The highest BCUT2D eigenvalue weighted by Crippen LogP contribution is 2.02. The maximum absolute atomic E-state index is 11.8. The molecule has 18 heavy (non-hydrogen) atoms. The molecule has 0 radical (unpaired) electrons. The van der Waals surface area contributed by atoms with Crippen LogP contribution in [-0.4, -0.2) is 44.9 Å². The lowest BCUT2D eigenvalue weighted by atomic mass is 10.2. The maximum atomic E-state index is 11.8. The Morgan fingerprint density at radius 1 is 1.61 bits per heavy atom. The van der Waals surface area contributed by atoms with E-state index in [2.05, 4.69) is 10.4 Å². The third-order valence-corrected chi connectivity index (χ3v) is 2.53. The molecule has 1 unspecified atom stereocenters. The van der Waals surface area contributed by atoms with Gasteiger partial charge in [-0.25, -0.2) is 9.59 Å². The van der Waals surface area contributed by atoms with Crippen molar-refractivity contribution in [3.8, 4) is 0 Å². The number of nitrogens with one attached hydrogen (secondary N) is 1. The number of aromatic nitrogens is 2. The van der Waals surface area contributed by atoms with Crippen LogP contribution in [0.25, 0.3) is 0 Å². The average Bonchev–Trinajstić information content (AvgIpc) is 2.70. The maximum Gasteiger partial charge on any atom is 0.326 e. The Kier molecular flexibility index (Phi) is 4.70. The van der Waals surface area contributed by atoms with Crippen LogP contribution in [0.5, 0.6) is 0 Å². The Labute approximate surface area is 105 Å². The zero-order chi connectivity index (χ0) is 13.7. The van der Waals surface area contributed by atoms with Crippen LogP contribution in [0.1, 0.15) is 18.9 Å². The molecule has 1 atom stereocenters. The summed E-state index contributed by atoms with van der Waals surface area (Å²) in [5.74, 6) is -1.03. The number of amides is 2. The van der Waals surface area contributed by atoms with Gasteiger partial charge in [0.2, 0.25) is 0 Å². The molecule has 0 aromatic carbocycles. The van der Waals surface area contributed by atoms with E-state index in [4.69, 9.17) is 5.11 Å². The molecule has 0 bridgehead atoms. The number of carboxylic acids is 1. The normalized spacial score (nSPS) is 11.9. The van der Waals surface area contributed by atoms with Crippen molar-refractivity contribution < 1.29 is 14.7 Å². The third-order valence-electron chi connectivity index (χ3n) is 2.53. The number of hydrogen-bond acceptors (Lipinski definition) is 3. The van der Waals surface area contributed by atoms with E-state index in [-0.39, 0.29) is 0 Å². The Morgan fingerprint density at radius 3 is 2.72 bits per heavy atom. The molecule has 0 aliphatic heterocycles. The Morgan fingerprint density at radius 2 is 2.28 bits per heavy atom. The van der Waals surface area contributed by atoms with E-state index in [1.807, 2.05) is 0 Å². The fraction of sp³-hybridized carbons (Fsp3) is 0.545. The van der Waals surface area contributed by atoms with Gasteiger partial charge >= 0.3 is 12.0 Å². The van der Waals surface area contributed by atoms with Crippen LogP contribution in [0.15, 0.2) is 12.4 Å². The minimum atomic E-state index is -1.03. The van der Waals surface area contributed by atoms with Gasteiger partial charge in [-0.3, -0.25) is 4.68 Å². The Balaban J connectivity index is 2.53. The fourth-order valence-corrected chi connectivity index (χ4v) is 1.50. The number of carbonyl (C=O) groups is 2. The lowest BCUT2D eigenvalue weighted by molar-refractivity contribution is -0.139. The number of hydrogen-bond donors (Lipinski definition) is 2. The van der Waals surface area contributed by atoms with E-state index < -0.39 is 18.0 Å². The molecule has 1 heterocycles. The number of carbonyl (C=O) groups excluding carboxylic acids is 1. The molecule has 1 aromatic heterocycles. The summed E-state index contributed by atoms with van der Waals surface area (Å²) in [6, 6.07) is -1.26. The zero-order valence-corrected chi connectivity index (χ0v) is 10.8. The zero-order valence-electron chi connectivity index (χ0n) is 10.8. The number of rotatable bonds is 5. The van der Waals surface area contributed by atoms with Gasteiger partial charge in [-0.15, -0.1) is 0 Å². The first-order valence-electron chi connectivity index (χ1n) is 5.66. The summed E-state index contributed by atoms with van der Waals surface area (Å²) in [7, 11) is 3.40. The summed E-state index contributed by atoms with van der Waals surface area (Å²) in [6.45, 7) is 2.09. The largest absolute Gasteiger partial charge is 0.480 e. The van der Waals surface area contributed by atoms with Crippen LogP contribution in [0, 0.1) is 0 Å². The molecular formula is C11H18N4O3. The van der Waals surface area contributed by atoms with E-state index in [0.717, 1.165) is 5.56 Å². The molecule has 0 saturated carbocycles. The van der Waals surface area contributed by atoms with Crippen LogP contribution < -0.4 is 5.32 Å². The van der Waals surface area contributed by atoms with Crippen molar-refractivity contribution in [2.75, 3.05) is 7.05 Å². The predicted octanol–water partition coefficient (Wildman–Crippen LogP) is 0.425. The van der Waals surface area contributed by atoms with Gasteiger partial charge in [0, 0.05) is 25.9 Å².